The van der Waals surface area contributed by atoms with Crippen LogP contribution in [0.3, 0.4) is 0 Å². The molecule has 1 heterocycles. The zero-order valence-corrected chi connectivity index (χ0v) is 14.6. The maximum absolute atomic E-state index is 12.2. The maximum atomic E-state index is 12.2. The minimum Gasteiger partial charge on any atom is -0.299 e. The molecule has 1 aromatic carbocycles. The lowest BCUT2D eigenvalue weighted by Crippen LogP contribution is -2.19. The van der Waals surface area contributed by atoms with Crippen LogP contribution in [0.2, 0.25) is 0 Å². The molecule has 23 heavy (non-hydrogen) atoms. The fourth-order valence-electron chi connectivity index (χ4n) is 2.86. The number of benzene rings is 1. The summed E-state index contributed by atoms with van der Waals surface area (Å²) in [5.74, 6) is -0.408. The quantitative estimate of drug-likeness (QED) is 0.774. The first-order valence-corrected chi connectivity index (χ1v) is 9.68. The van der Waals surface area contributed by atoms with Gasteiger partial charge in [0.1, 0.15) is 5.78 Å². The second-order valence-electron chi connectivity index (χ2n) is 5.84. The van der Waals surface area contributed by atoms with E-state index in [1.54, 1.807) is 12.3 Å². The van der Waals surface area contributed by atoms with Gasteiger partial charge < -0.3 is 0 Å². The van der Waals surface area contributed by atoms with Gasteiger partial charge in [-0.15, -0.1) is 0 Å². The molecule has 0 saturated carbocycles. The van der Waals surface area contributed by atoms with Gasteiger partial charge in [-0.1, -0.05) is 50.1 Å². The van der Waals surface area contributed by atoms with Crippen molar-refractivity contribution in [3.8, 4) is 11.1 Å². The van der Waals surface area contributed by atoms with Crippen molar-refractivity contribution in [2.24, 2.45) is 0 Å². The van der Waals surface area contributed by atoms with Gasteiger partial charge in [0.25, 0.3) is 0 Å². The van der Waals surface area contributed by atoms with Crippen LogP contribution < -0.4 is 0 Å². The van der Waals surface area contributed by atoms with E-state index in [1.165, 1.54) is 17.2 Å². The molecule has 0 saturated heterocycles. The number of carbonyl (C=O) groups excluding carboxylic acids is 1. The summed E-state index contributed by atoms with van der Waals surface area (Å²) in [6.45, 7) is 3.60. The van der Waals surface area contributed by atoms with Crippen LogP contribution >= 0.6 is 0 Å². The van der Waals surface area contributed by atoms with E-state index in [0.29, 0.717) is 12.1 Å². The van der Waals surface area contributed by atoms with Gasteiger partial charge >= 0.3 is 0 Å². The Bertz CT molecular complexity index is 776. The molecule has 0 radical (unpaired) electrons. The van der Waals surface area contributed by atoms with Crippen LogP contribution in [-0.2, 0) is 14.8 Å². The van der Waals surface area contributed by atoms with Crippen molar-refractivity contribution in [2.45, 2.75) is 39.0 Å². The summed E-state index contributed by atoms with van der Waals surface area (Å²) in [4.78, 5) is 12.2. The van der Waals surface area contributed by atoms with E-state index in [-0.39, 0.29) is 5.78 Å². The van der Waals surface area contributed by atoms with Crippen LogP contribution in [0.15, 0.2) is 42.6 Å². The molecular weight excluding hydrogens is 310 g/mol. The Labute approximate surface area is 138 Å². The van der Waals surface area contributed by atoms with E-state index in [4.69, 9.17) is 0 Å². The van der Waals surface area contributed by atoms with Gasteiger partial charge in [-0.25, -0.2) is 12.4 Å². The minimum absolute atomic E-state index is 0.000712. The number of ketones is 1. The Morgan fingerprint density at radius 1 is 1.17 bits per heavy atom. The topological polar surface area (TPSA) is 56.1 Å². The summed E-state index contributed by atoms with van der Waals surface area (Å²) in [5, 5.41) is 0. The van der Waals surface area contributed by atoms with Crippen LogP contribution in [0, 0.1) is 0 Å². The Kier molecular flexibility index (Phi) is 5.42. The predicted octanol–water partition coefficient (Wildman–Crippen LogP) is 3.83. The first-order chi connectivity index (χ1) is 10.9. The van der Waals surface area contributed by atoms with Gasteiger partial charge in [-0.05, 0) is 25.0 Å². The monoisotopic (exact) mass is 333 g/mol. The lowest BCUT2D eigenvalue weighted by molar-refractivity contribution is -0.118. The summed E-state index contributed by atoms with van der Waals surface area (Å²) >= 11 is 0. The van der Waals surface area contributed by atoms with E-state index in [0.717, 1.165) is 24.0 Å². The predicted molar refractivity (Wildman–Crippen MR) is 93.1 cm³/mol. The number of aromatic nitrogens is 1. The summed E-state index contributed by atoms with van der Waals surface area (Å²) in [6, 6.07) is 11.4. The fraction of sp³-hybridized carbons (Fsp3) is 0.389. The number of unbranched alkanes of at least 4 members (excludes halogenated alkanes) is 1. The summed E-state index contributed by atoms with van der Waals surface area (Å²) in [5.41, 5.74) is 2.32. The Morgan fingerprint density at radius 2 is 1.83 bits per heavy atom. The van der Waals surface area contributed by atoms with Gasteiger partial charge in [0.15, 0.2) is 0 Å². The number of carbonyl (C=O) groups is 1. The zero-order valence-electron chi connectivity index (χ0n) is 13.8. The second-order valence-corrected chi connectivity index (χ2v) is 7.70. The largest absolute Gasteiger partial charge is 0.299 e. The highest BCUT2D eigenvalue weighted by atomic mass is 32.2. The minimum atomic E-state index is -3.46. The number of Topliss-reactive ketones (excluding diaryl/α,β-unsaturated/α-hetero) is 1. The Hall–Kier alpha value is -1.88. The third kappa shape index (κ3) is 3.91. The molecule has 1 atom stereocenters. The van der Waals surface area contributed by atoms with Crippen molar-refractivity contribution in [1.82, 2.24) is 3.97 Å². The number of hydrogen-bond donors (Lipinski definition) is 0. The Morgan fingerprint density at radius 3 is 2.35 bits per heavy atom. The first-order valence-electron chi connectivity index (χ1n) is 7.84. The third-order valence-electron chi connectivity index (χ3n) is 4.00. The fourth-order valence-corrected chi connectivity index (χ4v) is 3.72. The van der Waals surface area contributed by atoms with Crippen molar-refractivity contribution < 1.29 is 13.2 Å². The molecule has 0 spiro atoms. The summed E-state index contributed by atoms with van der Waals surface area (Å²) in [7, 11) is -3.46. The Balaban J connectivity index is 2.66. The lowest BCUT2D eigenvalue weighted by atomic mass is 9.90. The molecule has 2 rings (SSSR count). The normalized spacial score (nSPS) is 13.0. The molecule has 5 heteroatoms. The van der Waals surface area contributed by atoms with Crippen LogP contribution in [-0.4, -0.2) is 24.4 Å². The van der Waals surface area contributed by atoms with Crippen molar-refractivity contribution in [3.63, 3.8) is 0 Å². The smallest absolute Gasteiger partial charge is 0.235 e. The van der Waals surface area contributed by atoms with E-state index in [2.05, 4.69) is 6.92 Å². The molecule has 4 nitrogen and oxygen atoms in total. The van der Waals surface area contributed by atoms with Crippen molar-refractivity contribution in [3.05, 3.63) is 48.3 Å². The summed E-state index contributed by atoms with van der Waals surface area (Å²) in [6.07, 6.45) is 5.22. The average molecular weight is 333 g/mol. The van der Waals surface area contributed by atoms with Crippen molar-refractivity contribution >= 4 is 15.8 Å². The van der Waals surface area contributed by atoms with Crippen LogP contribution in [0.25, 0.3) is 11.1 Å². The van der Waals surface area contributed by atoms with E-state index >= 15 is 0 Å². The highest BCUT2D eigenvalue weighted by Gasteiger charge is 2.27. The van der Waals surface area contributed by atoms with Crippen LogP contribution in [0.1, 0.15) is 44.7 Å². The molecule has 2 aromatic rings. The van der Waals surface area contributed by atoms with Gasteiger partial charge in [-0.2, -0.15) is 0 Å². The summed E-state index contributed by atoms with van der Waals surface area (Å²) < 4.78 is 25.6. The maximum Gasteiger partial charge on any atom is 0.235 e. The molecule has 0 aliphatic rings. The van der Waals surface area contributed by atoms with Crippen molar-refractivity contribution in [1.29, 1.82) is 0 Å². The van der Waals surface area contributed by atoms with E-state index in [9.17, 15) is 13.2 Å². The number of nitrogens with zero attached hydrogens (tertiary/aromatic N) is 1. The lowest BCUT2D eigenvalue weighted by Gasteiger charge is -2.18. The van der Waals surface area contributed by atoms with Crippen LogP contribution in [0.4, 0.5) is 0 Å². The molecule has 0 fully saturated rings. The molecule has 0 N–H and O–H groups in total. The van der Waals surface area contributed by atoms with Gasteiger partial charge in [-0.3, -0.25) is 4.79 Å². The zero-order chi connectivity index (χ0) is 17.0. The van der Waals surface area contributed by atoms with Gasteiger partial charge in [0.05, 0.1) is 17.9 Å². The van der Waals surface area contributed by atoms with Gasteiger partial charge in [0.2, 0.25) is 10.0 Å². The number of hydrogen-bond acceptors (Lipinski definition) is 3. The average Bonchev–Trinajstić information content (AvgIpc) is 2.93. The molecule has 124 valence electrons. The number of rotatable bonds is 7. The molecule has 0 aliphatic carbocycles. The third-order valence-corrected chi connectivity index (χ3v) is 5.03. The molecule has 0 bridgehead atoms. The molecule has 0 aliphatic heterocycles. The first kappa shape index (κ1) is 17.5. The highest BCUT2D eigenvalue weighted by Crippen LogP contribution is 2.34. The molecule has 1 aromatic heterocycles. The van der Waals surface area contributed by atoms with Gasteiger partial charge in [0, 0.05) is 11.8 Å². The highest BCUT2D eigenvalue weighted by molar-refractivity contribution is 7.89. The van der Waals surface area contributed by atoms with Crippen LogP contribution in [0.5, 0.6) is 0 Å². The van der Waals surface area contributed by atoms with Crippen molar-refractivity contribution in [2.75, 3.05) is 6.26 Å². The molecule has 1 unspecified atom stereocenters. The van der Waals surface area contributed by atoms with E-state index < -0.39 is 15.9 Å². The van der Waals surface area contributed by atoms with E-state index in [1.807, 2.05) is 30.3 Å². The molecular formula is C18H23NO3S. The molecule has 0 amide bonds. The SMILES string of the molecule is CCCCC(C(C)=O)c1c(-c2ccccc2)ccn1S(C)(=O)=O. The standard InChI is InChI=1S/C18H23NO3S/c1-4-5-11-16(14(2)20)18-17(15-9-7-6-8-10-15)12-13-19(18)23(3,21)22/h6-10,12-13,16H,4-5,11H2,1-3H3. The second kappa shape index (κ2) is 7.13.